The monoisotopic (exact) mass is 237 g/mol. The molecule has 2 aromatic rings. The van der Waals surface area contributed by atoms with Crippen molar-refractivity contribution in [3.05, 3.63) is 36.2 Å². The number of methoxy groups -OCH3 is 1. The predicted molar refractivity (Wildman–Crippen MR) is 59.4 cm³/mol. The molecule has 0 saturated heterocycles. The smallest absolute Gasteiger partial charge is 0.255 e. The fourth-order valence-electron chi connectivity index (χ4n) is 1.40. The lowest BCUT2D eigenvalue weighted by Gasteiger charge is -2.16. The van der Waals surface area contributed by atoms with E-state index in [1.165, 1.54) is 7.11 Å². The highest BCUT2D eigenvalue weighted by Gasteiger charge is 2.11. The molecule has 0 atom stereocenters. The maximum absolute atomic E-state index is 13.1. The van der Waals surface area contributed by atoms with Crippen LogP contribution in [0.5, 0.6) is 5.88 Å². The van der Waals surface area contributed by atoms with Gasteiger partial charge in [-0.05, 0) is 6.07 Å². The highest BCUT2D eigenvalue weighted by atomic mass is 19.1. The van der Waals surface area contributed by atoms with Crippen molar-refractivity contribution < 1.29 is 13.5 Å². The van der Waals surface area contributed by atoms with Crippen molar-refractivity contribution in [3.63, 3.8) is 0 Å². The number of nitrogens with zero attached hydrogens (tertiary/aromatic N) is 3. The zero-order chi connectivity index (χ0) is 12.3. The van der Waals surface area contributed by atoms with Crippen molar-refractivity contribution in [1.29, 1.82) is 0 Å². The lowest BCUT2D eigenvalue weighted by molar-refractivity contribution is 0.367. The summed E-state index contributed by atoms with van der Waals surface area (Å²) in [6, 6.07) is 1.84. The van der Waals surface area contributed by atoms with Crippen LogP contribution in [0.1, 0.15) is 5.56 Å². The van der Waals surface area contributed by atoms with Crippen molar-refractivity contribution in [3.8, 4) is 5.88 Å². The van der Waals surface area contributed by atoms with Crippen LogP contribution in [0.25, 0.3) is 0 Å². The normalized spacial score (nSPS) is 10.3. The number of aromatic nitrogens is 2. The number of hydrogen-bond acceptors (Lipinski definition) is 5. The molecule has 0 amide bonds. The van der Waals surface area contributed by atoms with E-state index in [0.717, 1.165) is 11.8 Å². The Hall–Kier alpha value is -2.11. The van der Waals surface area contributed by atoms with Crippen LogP contribution in [-0.2, 0) is 6.54 Å². The molecule has 2 aromatic heterocycles. The number of anilines is 1. The second-order valence-electron chi connectivity index (χ2n) is 3.51. The largest absolute Gasteiger partial charge is 0.479 e. The summed E-state index contributed by atoms with van der Waals surface area (Å²) >= 11 is 0. The van der Waals surface area contributed by atoms with Crippen LogP contribution < -0.4 is 9.64 Å². The molecule has 0 radical (unpaired) electrons. The van der Waals surface area contributed by atoms with Crippen molar-refractivity contribution in [2.75, 3.05) is 19.1 Å². The molecule has 90 valence electrons. The minimum atomic E-state index is -0.576. The average molecular weight is 237 g/mol. The molecule has 0 bridgehead atoms. The molecule has 0 fully saturated rings. The average Bonchev–Trinajstić information content (AvgIpc) is 2.82. The molecule has 0 aromatic carbocycles. The van der Waals surface area contributed by atoms with Gasteiger partial charge in [-0.2, -0.15) is 9.37 Å². The zero-order valence-corrected chi connectivity index (χ0v) is 9.55. The summed E-state index contributed by atoms with van der Waals surface area (Å²) in [7, 11) is 3.17. The van der Waals surface area contributed by atoms with E-state index in [1.54, 1.807) is 24.5 Å². The van der Waals surface area contributed by atoms with E-state index in [0.29, 0.717) is 12.5 Å². The second-order valence-corrected chi connectivity index (χ2v) is 3.51. The van der Waals surface area contributed by atoms with Crippen molar-refractivity contribution in [2.24, 2.45) is 0 Å². The molecule has 17 heavy (non-hydrogen) atoms. The van der Waals surface area contributed by atoms with Gasteiger partial charge in [0.05, 0.1) is 25.8 Å². The summed E-state index contributed by atoms with van der Waals surface area (Å²) in [5.74, 6) is -0.244. The van der Waals surface area contributed by atoms with Gasteiger partial charge in [-0.15, -0.1) is 0 Å². The molecule has 0 aliphatic heterocycles. The van der Waals surface area contributed by atoms with Crippen molar-refractivity contribution in [1.82, 2.24) is 9.97 Å². The molecule has 0 unspecified atom stereocenters. The van der Waals surface area contributed by atoms with Gasteiger partial charge in [0.2, 0.25) is 11.8 Å². The Balaban J connectivity index is 2.16. The Morgan fingerprint density at radius 1 is 1.53 bits per heavy atom. The number of hydrogen-bond donors (Lipinski definition) is 0. The van der Waals surface area contributed by atoms with Crippen LogP contribution in [0.4, 0.5) is 10.3 Å². The van der Waals surface area contributed by atoms with E-state index < -0.39 is 5.82 Å². The maximum Gasteiger partial charge on any atom is 0.255 e. The van der Waals surface area contributed by atoms with E-state index in [9.17, 15) is 4.39 Å². The number of halogens is 1. The van der Waals surface area contributed by atoms with E-state index in [-0.39, 0.29) is 5.88 Å². The van der Waals surface area contributed by atoms with Gasteiger partial charge in [-0.25, -0.2) is 4.98 Å². The summed E-state index contributed by atoms with van der Waals surface area (Å²) in [6.07, 6.45) is 4.32. The van der Waals surface area contributed by atoms with E-state index in [1.807, 2.05) is 6.07 Å². The van der Waals surface area contributed by atoms with Crippen LogP contribution in [0.2, 0.25) is 0 Å². The van der Waals surface area contributed by atoms with Gasteiger partial charge in [0.25, 0.3) is 5.88 Å². The minimum absolute atomic E-state index is 0.0611. The SMILES string of the molecule is COc1nc(N(C)Cc2ccoc2)ncc1F. The third-order valence-corrected chi connectivity index (χ3v) is 2.23. The summed E-state index contributed by atoms with van der Waals surface area (Å²) in [5, 5.41) is 0. The summed E-state index contributed by atoms with van der Waals surface area (Å²) in [4.78, 5) is 9.63. The lowest BCUT2D eigenvalue weighted by Crippen LogP contribution is -2.19. The summed E-state index contributed by atoms with van der Waals surface area (Å²) < 4.78 is 22.9. The lowest BCUT2D eigenvalue weighted by atomic mass is 10.3. The highest BCUT2D eigenvalue weighted by Crippen LogP contribution is 2.17. The van der Waals surface area contributed by atoms with Gasteiger partial charge >= 0.3 is 0 Å². The van der Waals surface area contributed by atoms with Gasteiger partial charge in [0.15, 0.2) is 0 Å². The molecule has 6 heteroatoms. The first-order valence-electron chi connectivity index (χ1n) is 4.99. The summed E-state index contributed by atoms with van der Waals surface area (Å²) in [5.41, 5.74) is 0.986. The summed E-state index contributed by atoms with van der Waals surface area (Å²) in [6.45, 7) is 0.575. The first-order chi connectivity index (χ1) is 8.20. The number of rotatable bonds is 4. The van der Waals surface area contributed by atoms with Gasteiger partial charge in [0.1, 0.15) is 0 Å². The number of furan rings is 1. The van der Waals surface area contributed by atoms with Gasteiger partial charge in [-0.3, -0.25) is 0 Å². The molecule has 0 spiro atoms. The fourth-order valence-corrected chi connectivity index (χ4v) is 1.40. The molecule has 5 nitrogen and oxygen atoms in total. The number of ether oxygens (including phenoxy) is 1. The molecule has 2 rings (SSSR count). The van der Waals surface area contributed by atoms with E-state index in [2.05, 4.69) is 9.97 Å². The topological polar surface area (TPSA) is 51.4 Å². The van der Waals surface area contributed by atoms with Crippen LogP contribution in [0.3, 0.4) is 0 Å². The minimum Gasteiger partial charge on any atom is -0.479 e. The molecule has 0 N–H and O–H groups in total. The van der Waals surface area contributed by atoms with Crippen molar-refractivity contribution in [2.45, 2.75) is 6.54 Å². The van der Waals surface area contributed by atoms with Gasteiger partial charge in [0, 0.05) is 19.2 Å². The van der Waals surface area contributed by atoms with Crippen LogP contribution in [0.15, 0.2) is 29.2 Å². The Bertz CT molecular complexity index is 487. The molecule has 2 heterocycles. The third-order valence-electron chi connectivity index (χ3n) is 2.23. The fraction of sp³-hybridized carbons (Fsp3) is 0.273. The quantitative estimate of drug-likeness (QED) is 0.812. The highest BCUT2D eigenvalue weighted by molar-refractivity contribution is 5.32. The van der Waals surface area contributed by atoms with Crippen LogP contribution >= 0.6 is 0 Å². The standard InChI is InChI=1S/C11H12FN3O2/c1-15(6-8-3-4-17-7-8)11-13-5-9(12)10(14-11)16-2/h3-5,7H,6H2,1-2H3. The van der Waals surface area contributed by atoms with Gasteiger partial charge < -0.3 is 14.1 Å². The molecule has 0 saturated carbocycles. The Morgan fingerprint density at radius 3 is 3.00 bits per heavy atom. The first kappa shape index (κ1) is 11.4. The third kappa shape index (κ3) is 2.52. The van der Waals surface area contributed by atoms with E-state index >= 15 is 0 Å². The zero-order valence-electron chi connectivity index (χ0n) is 9.55. The van der Waals surface area contributed by atoms with E-state index in [4.69, 9.17) is 9.15 Å². The maximum atomic E-state index is 13.1. The molecular weight excluding hydrogens is 225 g/mol. The predicted octanol–water partition coefficient (Wildman–Crippen LogP) is 1.85. The first-order valence-corrected chi connectivity index (χ1v) is 4.99. The second kappa shape index (κ2) is 4.82. The molecule has 0 aliphatic carbocycles. The Morgan fingerprint density at radius 2 is 2.35 bits per heavy atom. The van der Waals surface area contributed by atoms with Gasteiger partial charge in [-0.1, -0.05) is 0 Å². The van der Waals surface area contributed by atoms with Crippen LogP contribution in [0, 0.1) is 5.82 Å². The molecule has 0 aliphatic rings. The van der Waals surface area contributed by atoms with Crippen LogP contribution in [-0.4, -0.2) is 24.1 Å². The molecular formula is C11H12FN3O2. The Labute approximate surface area is 97.9 Å². The Kier molecular flexibility index (Phi) is 3.22. The van der Waals surface area contributed by atoms with Crippen molar-refractivity contribution >= 4 is 5.95 Å².